The molecule has 3 heteroatoms. The summed E-state index contributed by atoms with van der Waals surface area (Å²) in [5.74, 6) is 0.881. The third kappa shape index (κ3) is 3.26. The van der Waals surface area contributed by atoms with Crippen molar-refractivity contribution in [3.05, 3.63) is 29.8 Å². The highest BCUT2D eigenvalue weighted by Gasteiger charge is 2.12. The van der Waals surface area contributed by atoms with Crippen molar-refractivity contribution >= 4 is 5.91 Å². The monoisotopic (exact) mass is 221 g/mol. The van der Waals surface area contributed by atoms with E-state index in [2.05, 4.69) is 5.32 Å². The summed E-state index contributed by atoms with van der Waals surface area (Å²) in [6.45, 7) is 5.73. The van der Waals surface area contributed by atoms with Gasteiger partial charge in [-0.1, -0.05) is 26.0 Å². The van der Waals surface area contributed by atoms with E-state index in [-0.39, 0.29) is 17.9 Å². The molecule has 0 aromatic heterocycles. The number of hydrogen-bond acceptors (Lipinski definition) is 2. The van der Waals surface area contributed by atoms with Crippen LogP contribution in [0.4, 0.5) is 0 Å². The fourth-order valence-electron chi connectivity index (χ4n) is 1.37. The molecule has 0 heterocycles. The minimum Gasteiger partial charge on any atom is -0.497 e. The summed E-state index contributed by atoms with van der Waals surface area (Å²) in [6.07, 6.45) is 0. The van der Waals surface area contributed by atoms with E-state index in [1.54, 1.807) is 7.11 Å². The van der Waals surface area contributed by atoms with Gasteiger partial charge in [-0.15, -0.1) is 0 Å². The minimum absolute atomic E-state index is 0.00463. The Kier molecular flexibility index (Phi) is 4.35. The second-order valence-electron chi connectivity index (χ2n) is 4.16. The zero-order chi connectivity index (χ0) is 12.1. The van der Waals surface area contributed by atoms with Gasteiger partial charge in [-0.25, -0.2) is 0 Å². The number of benzene rings is 1. The number of ether oxygens (including phenoxy) is 1. The van der Waals surface area contributed by atoms with Gasteiger partial charge in [0.25, 0.3) is 0 Å². The van der Waals surface area contributed by atoms with Crippen molar-refractivity contribution in [3.63, 3.8) is 0 Å². The van der Waals surface area contributed by atoms with Crippen LogP contribution in [0.15, 0.2) is 24.3 Å². The van der Waals surface area contributed by atoms with E-state index >= 15 is 0 Å². The smallest absolute Gasteiger partial charge is 0.223 e. The fourth-order valence-corrected chi connectivity index (χ4v) is 1.37. The molecule has 0 aliphatic carbocycles. The van der Waals surface area contributed by atoms with E-state index in [9.17, 15) is 4.79 Å². The highest BCUT2D eigenvalue weighted by Crippen LogP contribution is 2.18. The van der Waals surface area contributed by atoms with E-state index in [1.165, 1.54) is 0 Å². The first kappa shape index (κ1) is 12.6. The van der Waals surface area contributed by atoms with Gasteiger partial charge in [0.05, 0.1) is 13.2 Å². The highest BCUT2D eigenvalue weighted by molar-refractivity contribution is 5.78. The maximum absolute atomic E-state index is 11.5. The van der Waals surface area contributed by atoms with Gasteiger partial charge in [0.15, 0.2) is 0 Å². The van der Waals surface area contributed by atoms with Crippen molar-refractivity contribution in [1.82, 2.24) is 5.32 Å². The molecule has 0 aliphatic rings. The van der Waals surface area contributed by atoms with Crippen LogP contribution in [0.2, 0.25) is 0 Å². The summed E-state index contributed by atoms with van der Waals surface area (Å²) in [5, 5.41) is 2.95. The van der Waals surface area contributed by atoms with E-state index in [4.69, 9.17) is 4.74 Å². The second-order valence-corrected chi connectivity index (χ2v) is 4.16. The predicted octanol–water partition coefficient (Wildman–Crippen LogP) is 2.53. The first-order valence-corrected chi connectivity index (χ1v) is 5.49. The lowest BCUT2D eigenvalue weighted by Crippen LogP contribution is -2.30. The van der Waals surface area contributed by atoms with Crippen molar-refractivity contribution in [1.29, 1.82) is 0 Å². The number of nitrogens with one attached hydrogen (secondary N) is 1. The number of methoxy groups -OCH3 is 1. The van der Waals surface area contributed by atoms with E-state index < -0.39 is 0 Å². The number of amides is 1. The average molecular weight is 221 g/mol. The Morgan fingerprint density at radius 2 is 2.00 bits per heavy atom. The van der Waals surface area contributed by atoms with Crippen LogP contribution in [0.1, 0.15) is 32.4 Å². The summed E-state index contributed by atoms with van der Waals surface area (Å²) in [4.78, 5) is 11.5. The molecule has 1 N–H and O–H groups in total. The lowest BCUT2D eigenvalue weighted by Gasteiger charge is -2.16. The number of rotatable bonds is 4. The highest BCUT2D eigenvalue weighted by atomic mass is 16.5. The molecule has 0 saturated heterocycles. The third-order valence-corrected chi connectivity index (χ3v) is 2.48. The Labute approximate surface area is 96.8 Å². The fraction of sp³-hybridized carbons (Fsp3) is 0.462. The molecule has 0 bridgehead atoms. The van der Waals surface area contributed by atoms with Gasteiger partial charge < -0.3 is 10.1 Å². The SMILES string of the molecule is COc1cccc([C@@H](C)NC(=O)C(C)C)c1. The van der Waals surface area contributed by atoms with Gasteiger partial charge >= 0.3 is 0 Å². The van der Waals surface area contributed by atoms with Crippen molar-refractivity contribution in [2.24, 2.45) is 5.92 Å². The van der Waals surface area contributed by atoms with Gasteiger partial charge in [0, 0.05) is 5.92 Å². The van der Waals surface area contributed by atoms with Crippen LogP contribution < -0.4 is 10.1 Å². The molecule has 0 saturated carbocycles. The van der Waals surface area contributed by atoms with Crippen molar-refractivity contribution < 1.29 is 9.53 Å². The number of hydrogen-bond donors (Lipinski definition) is 1. The quantitative estimate of drug-likeness (QED) is 0.848. The Morgan fingerprint density at radius 3 is 2.56 bits per heavy atom. The van der Waals surface area contributed by atoms with Crippen molar-refractivity contribution in [2.75, 3.05) is 7.11 Å². The molecule has 1 aromatic rings. The van der Waals surface area contributed by atoms with Crippen LogP contribution >= 0.6 is 0 Å². The third-order valence-electron chi connectivity index (χ3n) is 2.48. The molecule has 0 unspecified atom stereocenters. The van der Waals surface area contributed by atoms with Gasteiger partial charge in [-0.2, -0.15) is 0 Å². The van der Waals surface area contributed by atoms with Crippen molar-refractivity contribution in [2.45, 2.75) is 26.8 Å². The second kappa shape index (κ2) is 5.54. The Morgan fingerprint density at radius 1 is 1.31 bits per heavy atom. The molecule has 3 nitrogen and oxygen atoms in total. The average Bonchev–Trinajstić information content (AvgIpc) is 2.28. The van der Waals surface area contributed by atoms with Crippen LogP contribution in [-0.4, -0.2) is 13.0 Å². The standard InChI is InChI=1S/C13H19NO2/c1-9(2)13(15)14-10(3)11-6-5-7-12(8-11)16-4/h5-10H,1-4H3,(H,14,15)/t10-/m1/s1. The minimum atomic E-state index is 0.00463. The van der Waals surface area contributed by atoms with Crippen LogP contribution in [0.5, 0.6) is 5.75 Å². The first-order valence-electron chi connectivity index (χ1n) is 5.49. The summed E-state index contributed by atoms with van der Waals surface area (Å²) in [7, 11) is 1.64. The van der Waals surface area contributed by atoms with E-state index in [0.717, 1.165) is 11.3 Å². The van der Waals surface area contributed by atoms with Crippen LogP contribution in [0.25, 0.3) is 0 Å². The zero-order valence-corrected chi connectivity index (χ0v) is 10.3. The van der Waals surface area contributed by atoms with Crippen LogP contribution in [0, 0.1) is 5.92 Å². The molecule has 1 aromatic carbocycles. The lowest BCUT2D eigenvalue weighted by molar-refractivity contribution is -0.124. The molecule has 88 valence electrons. The molecule has 0 aliphatic heterocycles. The van der Waals surface area contributed by atoms with E-state index in [1.807, 2.05) is 45.0 Å². The number of carbonyl (C=O) groups is 1. The molecule has 1 rings (SSSR count). The molecule has 0 spiro atoms. The Bertz CT molecular complexity index is 361. The Hall–Kier alpha value is -1.51. The van der Waals surface area contributed by atoms with Gasteiger partial charge in [0.2, 0.25) is 5.91 Å². The molecule has 16 heavy (non-hydrogen) atoms. The van der Waals surface area contributed by atoms with Gasteiger partial charge in [-0.05, 0) is 24.6 Å². The van der Waals surface area contributed by atoms with Crippen molar-refractivity contribution in [3.8, 4) is 5.75 Å². The maximum atomic E-state index is 11.5. The summed E-state index contributed by atoms with van der Waals surface area (Å²) in [5.41, 5.74) is 1.05. The lowest BCUT2D eigenvalue weighted by atomic mass is 10.1. The summed E-state index contributed by atoms with van der Waals surface area (Å²) >= 11 is 0. The molecule has 0 radical (unpaired) electrons. The normalized spacial score (nSPS) is 12.3. The molecular formula is C13H19NO2. The maximum Gasteiger partial charge on any atom is 0.223 e. The predicted molar refractivity (Wildman–Crippen MR) is 64.4 cm³/mol. The molecular weight excluding hydrogens is 202 g/mol. The number of carbonyl (C=O) groups excluding carboxylic acids is 1. The van der Waals surface area contributed by atoms with Gasteiger partial charge in [-0.3, -0.25) is 4.79 Å². The van der Waals surface area contributed by atoms with Crippen LogP contribution in [0.3, 0.4) is 0 Å². The molecule has 1 amide bonds. The van der Waals surface area contributed by atoms with Crippen LogP contribution in [-0.2, 0) is 4.79 Å². The van der Waals surface area contributed by atoms with E-state index in [0.29, 0.717) is 0 Å². The first-order chi connectivity index (χ1) is 7.54. The largest absolute Gasteiger partial charge is 0.497 e. The summed E-state index contributed by atoms with van der Waals surface area (Å²) in [6, 6.07) is 7.73. The Balaban J connectivity index is 2.72. The topological polar surface area (TPSA) is 38.3 Å². The van der Waals surface area contributed by atoms with Gasteiger partial charge in [0.1, 0.15) is 5.75 Å². The molecule has 0 fully saturated rings. The molecule has 1 atom stereocenters. The summed E-state index contributed by atoms with van der Waals surface area (Å²) < 4.78 is 5.14. The zero-order valence-electron chi connectivity index (χ0n) is 10.3.